The molecule has 0 atom stereocenters. The average molecular weight is 486 g/mol. The molecule has 2 aromatic heterocycles. The number of anilines is 3. The van der Waals surface area contributed by atoms with Gasteiger partial charge in [0.15, 0.2) is 5.76 Å². The fourth-order valence-electron chi connectivity index (χ4n) is 4.67. The zero-order chi connectivity index (χ0) is 25.1. The van der Waals surface area contributed by atoms with E-state index in [4.69, 9.17) is 14.5 Å². The van der Waals surface area contributed by atoms with Crippen molar-refractivity contribution in [3.05, 3.63) is 60.3 Å². The number of aromatic nitrogens is 3. The van der Waals surface area contributed by atoms with Crippen molar-refractivity contribution in [3.8, 4) is 11.3 Å². The predicted octanol–water partition coefficient (Wildman–Crippen LogP) is 5.20. The third kappa shape index (κ3) is 5.10. The van der Waals surface area contributed by atoms with E-state index in [1.165, 1.54) is 0 Å². The Kier molecular flexibility index (Phi) is 6.71. The van der Waals surface area contributed by atoms with Crippen molar-refractivity contribution in [2.24, 2.45) is 0 Å². The second-order valence-corrected chi connectivity index (χ2v) is 9.41. The van der Waals surface area contributed by atoms with Crippen LogP contribution in [0.25, 0.3) is 22.2 Å². The Bertz CT molecular complexity index is 1350. The van der Waals surface area contributed by atoms with E-state index >= 15 is 0 Å². The molecule has 4 aromatic rings. The van der Waals surface area contributed by atoms with Gasteiger partial charge in [0.2, 0.25) is 5.95 Å². The van der Waals surface area contributed by atoms with Crippen LogP contribution in [0.4, 0.5) is 22.2 Å². The number of carbonyl (C=O) groups excluding carboxylic acids is 1. The molecule has 1 aliphatic rings. The topological polar surface area (TPSA) is 108 Å². The van der Waals surface area contributed by atoms with E-state index in [0.29, 0.717) is 23.1 Å². The number of para-hydroxylation sites is 1. The number of carbonyl (C=O) groups is 1. The molecule has 5 rings (SSSR count). The van der Waals surface area contributed by atoms with Gasteiger partial charge in [-0.15, -0.1) is 0 Å². The van der Waals surface area contributed by atoms with E-state index in [1.807, 2.05) is 80.5 Å². The van der Waals surface area contributed by atoms with Gasteiger partial charge in [-0.2, -0.15) is 4.98 Å². The minimum absolute atomic E-state index is 0.0956. The van der Waals surface area contributed by atoms with Crippen LogP contribution < -0.4 is 20.9 Å². The van der Waals surface area contributed by atoms with E-state index < -0.39 is 0 Å². The quantitative estimate of drug-likeness (QED) is 0.344. The van der Waals surface area contributed by atoms with Gasteiger partial charge in [-0.25, -0.2) is 9.78 Å². The fourth-order valence-corrected chi connectivity index (χ4v) is 4.67. The number of nitrogens with zero attached hydrogens (tertiary/aromatic N) is 4. The molecular formula is C27H31N7O2. The number of benzene rings is 2. The van der Waals surface area contributed by atoms with Crippen LogP contribution in [0, 0.1) is 6.92 Å². The Morgan fingerprint density at radius 2 is 1.64 bits per heavy atom. The average Bonchev–Trinajstić information content (AvgIpc) is 3.24. The van der Waals surface area contributed by atoms with Gasteiger partial charge in [0.1, 0.15) is 17.2 Å². The maximum absolute atomic E-state index is 12.8. The molecule has 0 bridgehead atoms. The maximum Gasteiger partial charge on any atom is 0.319 e. The zero-order valence-electron chi connectivity index (χ0n) is 20.8. The van der Waals surface area contributed by atoms with Gasteiger partial charge >= 0.3 is 6.03 Å². The summed E-state index contributed by atoms with van der Waals surface area (Å²) in [4.78, 5) is 24.3. The van der Waals surface area contributed by atoms with Crippen LogP contribution in [0.3, 0.4) is 0 Å². The van der Waals surface area contributed by atoms with Crippen LogP contribution in [-0.4, -0.2) is 47.3 Å². The highest BCUT2D eigenvalue weighted by molar-refractivity contribution is 5.94. The first-order valence-corrected chi connectivity index (χ1v) is 12.3. The summed E-state index contributed by atoms with van der Waals surface area (Å²) in [6.07, 6.45) is 3.57. The van der Waals surface area contributed by atoms with Gasteiger partial charge < -0.3 is 25.4 Å². The number of urea groups is 1. The smallest absolute Gasteiger partial charge is 0.319 e. The van der Waals surface area contributed by atoms with Crippen molar-refractivity contribution < 1.29 is 9.32 Å². The number of aryl methyl sites for hydroxylation is 1. The first kappa shape index (κ1) is 23.6. The van der Waals surface area contributed by atoms with E-state index in [1.54, 1.807) is 0 Å². The van der Waals surface area contributed by atoms with Gasteiger partial charge in [0.25, 0.3) is 0 Å². The third-order valence-electron chi connectivity index (χ3n) is 6.54. The van der Waals surface area contributed by atoms with Crippen LogP contribution in [0.5, 0.6) is 0 Å². The lowest BCUT2D eigenvalue weighted by Gasteiger charge is -2.30. The van der Waals surface area contributed by atoms with E-state index in [2.05, 4.69) is 21.1 Å². The van der Waals surface area contributed by atoms with Crippen LogP contribution in [0.15, 0.2) is 59.1 Å². The highest BCUT2D eigenvalue weighted by atomic mass is 16.5. The Morgan fingerprint density at radius 1 is 0.944 bits per heavy atom. The summed E-state index contributed by atoms with van der Waals surface area (Å²) < 4.78 is 5.48. The number of nitrogens with one attached hydrogen (secondary N) is 3. The predicted molar refractivity (Wildman–Crippen MR) is 142 cm³/mol. The first-order valence-electron chi connectivity index (χ1n) is 12.3. The lowest BCUT2D eigenvalue weighted by atomic mass is 9.91. The lowest BCUT2D eigenvalue weighted by Crippen LogP contribution is -2.42. The molecule has 0 aliphatic heterocycles. The van der Waals surface area contributed by atoms with Crippen LogP contribution >= 0.6 is 0 Å². The molecule has 0 spiro atoms. The van der Waals surface area contributed by atoms with Crippen molar-refractivity contribution in [3.63, 3.8) is 0 Å². The van der Waals surface area contributed by atoms with Gasteiger partial charge in [-0.1, -0.05) is 47.6 Å². The normalized spacial score (nSPS) is 17.5. The molecule has 0 saturated heterocycles. The number of hydrogen-bond acceptors (Lipinski definition) is 7. The molecule has 0 unspecified atom stereocenters. The number of hydrogen-bond donors (Lipinski definition) is 3. The van der Waals surface area contributed by atoms with Crippen molar-refractivity contribution >= 4 is 34.4 Å². The zero-order valence-corrected chi connectivity index (χ0v) is 20.8. The Hall–Kier alpha value is -4.14. The van der Waals surface area contributed by atoms with Gasteiger partial charge in [0.05, 0.1) is 5.52 Å². The summed E-state index contributed by atoms with van der Waals surface area (Å²) in [5.41, 5.74) is 3.03. The van der Waals surface area contributed by atoms with Crippen LogP contribution in [0.1, 0.15) is 31.4 Å². The number of rotatable bonds is 6. The maximum atomic E-state index is 12.8. The first-order chi connectivity index (χ1) is 17.5. The summed E-state index contributed by atoms with van der Waals surface area (Å²) in [6, 6.07) is 17.8. The van der Waals surface area contributed by atoms with E-state index in [0.717, 1.165) is 48.0 Å². The molecule has 36 heavy (non-hydrogen) atoms. The SMILES string of the molecule is Cc1noc(-c2ccccc2)c1NC(=O)NC1CCC(Nc2nc(N(C)C)c3ccccc3n2)CC1. The minimum Gasteiger partial charge on any atom is -0.362 e. The summed E-state index contributed by atoms with van der Waals surface area (Å²) in [5.74, 6) is 2.10. The lowest BCUT2D eigenvalue weighted by molar-refractivity contribution is 0.243. The van der Waals surface area contributed by atoms with Crippen molar-refractivity contribution in [1.29, 1.82) is 0 Å². The Balaban J connectivity index is 1.18. The highest BCUT2D eigenvalue weighted by Gasteiger charge is 2.25. The van der Waals surface area contributed by atoms with Crippen molar-refractivity contribution in [2.75, 3.05) is 29.6 Å². The van der Waals surface area contributed by atoms with E-state index in [9.17, 15) is 4.79 Å². The van der Waals surface area contributed by atoms with Crippen molar-refractivity contribution in [1.82, 2.24) is 20.4 Å². The highest BCUT2D eigenvalue weighted by Crippen LogP contribution is 2.31. The summed E-state index contributed by atoms with van der Waals surface area (Å²) in [6.45, 7) is 1.82. The molecule has 9 nitrogen and oxygen atoms in total. The molecule has 2 heterocycles. The van der Waals surface area contributed by atoms with Crippen LogP contribution in [-0.2, 0) is 0 Å². The molecule has 0 radical (unpaired) electrons. The fraction of sp³-hybridized carbons (Fsp3) is 0.333. The van der Waals surface area contributed by atoms with Gasteiger partial charge in [-0.05, 0) is 44.7 Å². The standard InChI is InChI=1S/C27H31N7O2/c1-17-23(24(36-33-17)18-9-5-4-6-10-18)31-27(35)29-20-15-13-19(14-16-20)28-26-30-22-12-8-7-11-21(22)25(32-26)34(2)3/h4-12,19-20H,13-16H2,1-3H3,(H,28,30,32)(H2,29,31,35). The summed E-state index contributed by atoms with van der Waals surface area (Å²) in [7, 11) is 3.98. The molecule has 1 aliphatic carbocycles. The molecule has 3 N–H and O–H groups in total. The Morgan fingerprint density at radius 3 is 2.39 bits per heavy atom. The summed E-state index contributed by atoms with van der Waals surface area (Å²) in [5, 5.41) is 14.6. The Labute approximate surface area is 210 Å². The molecular weight excluding hydrogens is 454 g/mol. The third-order valence-corrected chi connectivity index (χ3v) is 6.54. The molecule has 186 valence electrons. The largest absolute Gasteiger partial charge is 0.362 e. The molecule has 2 amide bonds. The summed E-state index contributed by atoms with van der Waals surface area (Å²) >= 11 is 0. The van der Waals surface area contributed by atoms with Crippen molar-refractivity contribution in [2.45, 2.75) is 44.7 Å². The number of fused-ring (bicyclic) bond motifs is 1. The monoisotopic (exact) mass is 485 g/mol. The molecule has 9 heteroatoms. The molecule has 2 aromatic carbocycles. The van der Waals surface area contributed by atoms with Gasteiger partial charge in [-0.3, -0.25) is 0 Å². The van der Waals surface area contributed by atoms with Crippen LogP contribution in [0.2, 0.25) is 0 Å². The molecule has 1 saturated carbocycles. The molecule has 1 fully saturated rings. The number of amides is 2. The van der Waals surface area contributed by atoms with E-state index in [-0.39, 0.29) is 18.1 Å². The second kappa shape index (κ2) is 10.2. The van der Waals surface area contributed by atoms with Gasteiger partial charge in [0, 0.05) is 37.1 Å². The second-order valence-electron chi connectivity index (χ2n) is 9.41. The minimum atomic E-state index is -0.247.